The first kappa shape index (κ1) is 12.5. The van der Waals surface area contributed by atoms with Crippen LogP contribution in [0.15, 0.2) is 29.2 Å². The van der Waals surface area contributed by atoms with Crippen LogP contribution in [0.4, 0.5) is 0 Å². The van der Waals surface area contributed by atoms with Crippen molar-refractivity contribution in [1.29, 1.82) is 0 Å². The molecule has 0 aromatic heterocycles. The lowest BCUT2D eigenvalue weighted by Gasteiger charge is -2.06. The number of amides is 1. The summed E-state index contributed by atoms with van der Waals surface area (Å²) in [5.41, 5.74) is 0.644. The van der Waals surface area contributed by atoms with E-state index in [0.717, 1.165) is 23.6 Å². The predicted octanol–water partition coefficient (Wildman–Crippen LogP) is 2.46. The van der Waals surface area contributed by atoms with Gasteiger partial charge in [0.1, 0.15) is 0 Å². The van der Waals surface area contributed by atoms with Gasteiger partial charge in [0.15, 0.2) is 0 Å². The van der Waals surface area contributed by atoms with E-state index in [1.807, 2.05) is 18.2 Å². The Labute approximate surface area is 100 Å². The Bertz CT molecular complexity index is 328. The minimum absolute atomic E-state index is 0.0401. The number of rotatable bonds is 5. The summed E-state index contributed by atoms with van der Waals surface area (Å²) in [6.45, 7) is 0.724. The number of carbonyl (C=O) groups excluding carboxylic acids is 1. The van der Waals surface area contributed by atoms with Crippen LogP contribution in [0.25, 0.3) is 0 Å². The minimum Gasteiger partial charge on any atom is -0.352 e. The maximum atomic E-state index is 11.7. The third kappa shape index (κ3) is 4.18. The van der Waals surface area contributed by atoms with Gasteiger partial charge in [-0.15, -0.1) is 12.6 Å². The third-order valence-electron chi connectivity index (χ3n) is 1.96. The fourth-order valence-electron chi connectivity index (χ4n) is 1.18. The molecule has 0 unspecified atom stereocenters. The Morgan fingerprint density at radius 2 is 2.20 bits per heavy atom. The van der Waals surface area contributed by atoms with Gasteiger partial charge in [-0.2, -0.15) is 11.8 Å². The van der Waals surface area contributed by atoms with Crippen LogP contribution < -0.4 is 5.32 Å². The first-order valence-electron chi connectivity index (χ1n) is 4.81. The van der Waals surface area contributed by atoms with Gasteiger partial charge in [-0.05, 0) is 30.6 Å². The molecule has 0 aliphatic rings. The second kappa shape index (κ2) is 6.80. The van der Waals surface area contributed by atoms with E-state index in [0.29, 0.717) is 5.56 Å². The average Bonchev–Trinajstić information content (AvgIpc) is 2.25. The smallest absolute Gasteiger partial charge is 0.252 e. The zero-order valence-electron chi connectivity index (χ0n) is 8.69. The van der Waals surface area contributed by atoms with Gasteiger partial charge in [-0.25, -0.2) is 0 Å². The molecule has 0 radical (unpaired) electrons. The van der Waals surface area contributed by atoms with Crippen molar-refractivity contribution in [3.05, 3.63) is 29.8 Å². The van der Waals surface area contributed by atoms with Crippen molar-refractivity contribution in [2.45, 2.75) is 11.3 Å². The van der Waals surface area contributed by atoms with E-state index in [4.69, 9.17) is 0 Å². The standard InChI is InChI=1S/C11H15NOS2/c1-15-8-4-7-12-11(13)9-5-2-3-6-10(9)14/h2-3,5-6,14H,4,7-8H2,1H3,(H,12,13). The second-order valence-electron chi connectivity index (χ2n) is 3.12. The largest absolute Gasteiger partial charge is 0.352 e. The molecule has 1 amide bonds. The summed E-state index contributed by atoms with van der Waals surface area (Å²) < 4.78 is 0. The SMILES string of the molecule is CSCCCNC(=O)c1ccccc1S. The summed E-state index contributed by atoms with van der Waals surface area (Å²) in [4.78, 5) is 12.4. The summed E-state index contributed by atoms with van der Waals surface area (Å²) in [5, 5.41) is 2.87. The lowest BCUT2D eigenvalue weighted by Crippen LogP contribution is -2.25. The molecular weight excluding hydrogens is 226 g/mol. The Hall–Kier alpha value is -0.610. The summed E-state index contributed by atoms with van der Waals surface area (Å²) in [5.74, 6) is 1.03. The first-order valence-corrected chi connectivity index (χ1v) is 6.65. The molecule has 0 aliphatic carbocycles. The lowest BCUT2D eigenvalue weighted by molar-refractivity contribution is 0.0951. The Morgan fingerprint density at radius 1 is 1.47 bits per heavy atom. The highest BCUT2D eigenvalue weighted by atomic mass is 32.2. The van der Waals surface area contributed by atoms with Gasteiger partial charge in [0.25, 0.3) is 5.91 Å². The normalized spacial score (nSPS) is 10.0. The number of nitrogens with one attached hydrogen (secondary N) is 1. The molecule has 1 aromatic rings. The van der Waals surface area contributed by atoms with Crippen molar-refractivity contribution >= 4 is 30.3 Å². The van der Waals surface area contributed by atoms with Crippen LogP contribution in [0.2, 0.25) is 0 Å². The van der Waals surface area contributed by atoms with Gasteiger partial charge < -0.3 is 5.32 Å². The van der Waals surface area contributed by atoms with Gasteiger partial charge in [0.05, 0.1) is 5.56 Å². The number of hydrogen-bond donors (Lipinski definition) is 2. The van der Waals surface area contributed by atoms with E-state index in [9.17, 15) is 4.79 Å². The van der Waals surface area contributed by atoms with E-state index >= 15 is 0 Å². The molecular formula is C11H15NOS2. The monoisotopic (exact) mass is 241 g/mol. The van der Waals surface area contributed by atoms with E-state index in [1.54, 1.807) is 17.8 Å². The number of benzene rings is 1. The molecule has 1 rings (SSSR count). The highest BCUT2D eigenvalue weighted by Crippen LogP contribution is 2.12. The number of carbonyl (C=O) groups is 1. The molecule has 0 heterocycles. The Morgan fingerprint density at radius 3 is 2.87 bits per heavy atom. The molecule has 0 fully saturated rings. The third-order valence-corrected chi connectivity index (χ3v) is 3.05. The van der Waals surface area contributed by atoms with Crippen LogP contribution in [-0.2, 0) is 0 Å². The average molecular weight is 241 g/mol. The van der Waals surface area contributed by atoms with Crippen molar-refractivity contribution in [2.24, 2.45) is 0 Å². The quantitative estimate of drug-likeness (QED) is 0.612. The van der Waals surface area contributed by atoms with E-state index < -0.39 is 0 Å². The fourth-order valence-corrected chi connectivity index (χ4v) is 1.87. The zero-order chi connectivity index (χ0) is 11.1. The summed E-state index contributed by atoms with van der Waals surface area (Å²) in [7, 11) is 0. The predicted molar refractivity (Wildman–Crippen MR) is 69.0 cm³/mol. The van der Waals surface area contributed by atoms with Crippen molar-refractivity contribution in [3.8, 4) is 0 Å². The van der Waals surface area contributed by atoms with Gasteiger partial charge in [0.2, 0.25) is 0 Å². The zero-order valence-corrected chi connectivity index (χ0v) is 10.4. The van der Waals surface area contributed by atoms with Crippen molar-refractivity contribution in [3.63, 3.8) is 0 Å². The van der Waals surface area contributed by atoms with E-state index in [-0.39, 0.29) is 5.91 Å². The molecule has 0 spiro atoms. The summed E-state index contributed by atoms with van der Waals surface area (Å²) >= 11 is 6.02. The molecule has 2 nitrogen and oxygen atoms in total. The molecule has 0 aliphatic heterocycles. The molecule has 0 saturated carbocycles. The molecule has 15 heavy (non-hydrogen) atoms. The van der Waals surface area contributed by atoms with Gasteiger partial charge in [-0.1, -0.05) is 12.1 Å². The van der Waals surface area contributed by atoms with E-state index in [1.165, 1.54) is 0 Å². The molecule has 82 valence electrons. The molecule has 0 bridgehead atoms. The lowest BCUT2D eigenvalue weighted by atomic mass is 10.2. The number of thioether (sulfide) groups is 1. The number of thiol groups is 1. The van der Waals surface area contributed by atoms with Crippen LogP contribution in [0.5, 0.6) is 0 Å². The van der Waals surface area contributed by atoms with Crippen molar-refractivity contribution in [2.75, 3.05) is 18.6 Å². The van der Waals surface area contributed by atoms with E-state index in [2.05, 4.69) is 24.2 Å². The second-order valence-corrected chi connectivity index (χ2v) is 4.59. The van der Waals surface area contributed by atoms with Crippen molar-refractivity contribution < 1.29 is 4.79 Å². The van der Waals surface area contributed by atoms with Crippen LogP contribution in [0, 0.1) is 0 Å². The maximum absolute atomic E-state index is 11.7. The summed E-state index contributed by atoms with van der Waals surface area (Å²) in [6, 6.07) is 7.32. The highest BCUT2D eigenvalue weighted by molar-refractivity contribution is 7.98. The van der Waals surface area contributed by atoms with Crippen LogP contribution in [0.3, 0.4) is 0 Å². The molecule has 0 atom stereocenters. The number of hydrogen-bond acceptors (Lipinski definition) is 3. The van der Waals surface area contributed by atoms with Gasteiger partial charge >= 0.3 is 0 Å². The topological polar surface area (TPSA) is 29.1 Å². The highest BCUT2D eigenvalue weighted by Gasteiger charge is 2.06. The summed E-state index contributed by atoms with van der Waals surface area (Å²) in [6.07, 6.45) is 3.06. The molecule has 1 N–H and O–H groups in total. The maximum Gasteiger partial charge on any atom is 0.252 e. The molecule has 0 saturated heterocycles. The fraction of sp³-hybridized carbons (Fsp3) is 0.364. The first-order chi connectivity index (χ1) is 7.25. The minimum atomic E-state index is -0.0401. The van der Waals surface area contributed by atoms with Crippen LogP contribution >= 0.6 is 24.4 Å². The van der Waals surface area contributed by atoms with Crippen molar-refractivity contribution in [1.82, 2.24) is 5.32 Å². The van der Waals surface area contributed by atoms with Gasteiger partial charge in [-0.3, -0.25) is 4.79 Å². The van der Waals surface area contributed by atoms with Crippen LogP contribution in [-0.4, -0.2) is 24.5 Å². The molecule has 1 aromatic carbocycles. The van der Waals surface area contributed by atoms with Crippen LogP contribution in [0.1, 0.15) is 16.8 Å². The molecule has 4 heteroatoms. The Kier molecular flexibility index (Phi) is 5.65. The van der Waals surface area contributed by atoms with Gasteiger partial charge in [0, 0.05) is 11.4 Å². The Balaban J connectivity index is 2.44.